The molecule has 62 valence electrons. The van der Waals surface area contributed by atoms with Crippen molar-refractivity contribution in [3.63, 3.8) is 0 Å². The van der Waals surface area contributed by atoms with Crippen molar-refractivity contribution in [1.29, 1.82) is 0 Å². The Hall–Kier alpha value is -1.22. The molecule has 0 bridgehead atoms. The Labute approximate surface area is 74.3 Å². The molecule has 2 rings (SSSR count). The van der Waals surface area contributed by atoms with Gasteiger partial charge in [-0.15, -0.1) is 0 Å². The van der Waals surface area contributed by atoms with Crippen molar-refractivity contribution < 1.29 is 9.53 Å². The Morgan fingerprint density at radius 1 is 1.50 bits per heavy atom. The van der Waals surface area contributed by atoms with Gasteiger partial charge in [0.2, 0.25) is 6.29 Å². The van der Waals surface area contributed by atoms with E-state index in [-0.39, 0.29) is 0 Å². The number of aldehydes is 1. The number of para-hydroxylation sites is 2. The number of carbonyl (C=O) groups excluding carboxylic acids is 1. The molecule has 0 spiro atoms. The third kappa shape index (κ3) is 1.02. The molecule has 1 aromatic carbocycles. The molecule has 12 heavy (non-hydrogen) atoms. The number of hydrogen-bond acceptors (Lipinski definition) is 3. The molecule has 0 saturated heterocycles. The SMILES string of the molecule is O=CC1(Cl)Nc2ccccc2O1. The lowest BCUT2D eigenvalue weighted by Crippen LogP contribution is -2.34. The molecule has 0 radical (unpaired) electrons. The lowest BCUT2D eigenvalue weighted by molar-refractivity contribution is -0.114. The predicted molar refractivity (Wildman–Crippen MR) is 45.3 cm³/mol. The summed E-state index contributed by atoms with van der Waals surface area (Å²) in [6.45, 7) is 0. The number of ether oxygens (including phenoxy) is 1. The van der Waals surface area contributed by atoms with Crippen LogP contribution in [0.15, 0.2) is 24.3 Å². The van der Waals surface area contributed by atoms with Gasteiger partial charge >= 0.3 is 5.18 Å². The van der Waals surface area contributed by atoms with E-state index in [4.69, 9.17) is 16.3 Å². The molecule has 0 aromatic heterocycles. The number of rotatable bonds is 1. The first-order valence-electron chi connectivity index (χ1n) is 3.45. The lowest BCUT2D eigenvalue weighted by Gasteiger charge is -2.12. The average Bonchev–Trinajstić information content (AvgIpc) is 2.42. The summed E-state index contributed by atoms with van der Waals surface area (Å²) in [5.41, 5.74) is 0.736. The Bertz CT molecular complexity index is 302. The molecule has 4 heteroatoms. The van der Waals surface area contributed by atoms with E-state index < -0.39 is 5.18 Å². The maximum absolute atomic E-state index is 10.5. The first-order chi connectivity index (χ1) is 5.73. The van der Waals surface area contributed by atoms with Gasteiger partial charge in [-0.25, -0.2) is 0 Å². The zero-order chi connectivity index (χ0) is 8.60. The average molecular weight is 184 g/mol. The number of carbonyl (C=O) groups is 1. The highest BCUT2D eigenvalue weighted by Gasteiger charge is 2.36. The summed E-state index contributed by atoms with van der Waals surface area (Å²) in [7, 11) is 0. The number of nitrogens with one attached hydrogen (secondary N) is 1. The summed E-state index contributed by atoms with van der Waals surface area (Å²) in [5.74, 6) is 0.597. The molecular formula is C8H6ClNO2. The van der Waals surface area contributed by atoms with E-state index in [0.29, 0.717) is 12.0 Å². The number of halogens is 1. The first-order valence-corrected chi connectivity index (χ1v) is 3.83. The monoisotopic (exact) mass is 183 g/mol. The molecule has 1 aliphatic heterocycles. The number of fused-ring (bicyclic) bond motifs is 1. The van der Waals surface area contributed by atoms with Gasteiger partial charge in [0.05, 0.1) is 5.69 Å². The largest absolute Gasteiger partial charge is 0.446 e. The van der Waals surface area contributed by atoms with Crippen LogP contribution in [-0.2, 0) is 4.79 Å². The second-order valence-corrected chi connectivity index (χ2v) is 3.05. The highest BCUT2D eigenvalue weighted by atomic mass is 35.5. The molecule has 1 N–H and O–H groups in total. The van der Waals surface area contributed by atoms with Crippen molar-refractivity contribution >= 4 is 23.6 Å². The highest BCUT2D eigenvalue weighted by Crippen LogP contribution is 2.36. The normalized spacial score (nSPS) is 25.4. The molecule has 1 heterocycles. The van der Waals surface area contributed by atoms with Crippen molar-refractivity contribution in [3.05, 3.63) is 24.3 Å². The zero-order valence-corrected chi connectivity index (χ0v) is 6.84. The van der Waals surface area contributed by atoms with Crippen LogP contribution in [0.3, 0.4) is 0 Å². The minimum absolute atomic E-state index is 0.522. The number of hydrogen-bond donors (Lipinski definition) is 1. The quantitative estimate of drug-likeness (QED) is 0.408. The molecule has 1 aromatic rings. The number of alkyl halides is 1. The van der Waals surface area contributed by atoms with Crippen LogP contribution in [0.1, 0.15) is 0 Å². The molecule has 0 fully saturated rings. The van der Waals surface area contributed by atoms with E-state index in [9.17, 15) is 4.79 Å². The molecule has 1 aliphatic rings. The van der Waals surface area contributed by atoms with E-state index in [1.165, 1.54) is 0 Å². The molecular weight excluding hydrogens is 178 g/mol. The van der Waals surface area contributed by atoms with Gasteiger partial charge in [0.1, 0.15) is 5.75 Å². The summed E-state index contributed by atoms with van der Waals surface area (Å²) in [4.78, 5) is 10.5. The van der Waals surface area contributed by atoms with Gasteiger partial charge in [0.15, 0.2) is 0 Å². The maximum Gasteiger partial charge on any atom is 0.316 e. The van der Waals surface area contributed by atoms with Gasteiger partial charge in [-0.05, 0) is 23.7 Å². The minimum Gasteiger partial charge on any atom is -0.446 e. The Balaban J connectivity index is 2.39. The van der Waals surface area contributed by atoms with Crippen LogP contribution in [0.4, 0.5) is 5.69 Å². The summed E-state index contributed by atoms with van der Waals surface area (Å²) >= 11 is 5.72. The van der Waals surface area contributed by atoms with Gasteiger partial charge in [0, 0.05) is 0 Å². The van der Waals surface area contributed by atoms with Gasteiger partial charge in [-0.1, -0.05) is 12.1 Å². The van der Waals surface area contributed by atoms with Crippen LogP contribution < -0.4 is 10.1 Å². The Kier molecular flexibility index (Phi) is 1.48. The topological polar surface area (TPSA) is 38.3 Å². The Morgan fingerprint density at radius 2 is 2.25 bits per heavy atom. The molecule has 0 amide bonds. The molecule has 3 nitrogen and oxygen atoms in total. The second-order valence-electron chi connectivity index (χ2n) is 2.49. The molecule has 1 atom stereocenters. The zero-order valence-electron chi connectivity index (χ0n) is 6.08. The third-order valence-corrected chi connectivity index (χ3v) is 1.86. The van der Waals surface area contributed by atoms with Crippen LogP contribution in [0.25, 0.3) is 0 Å². The van der Waals surface area contributed by atoms with E-state index in [0.717, 1.165) is 5.69 Å². The molecule has 0 aliphatic carbocycles. The fourth-order valence-corrected chi connectivity index (χ4v) is 1.27. The smallest absolute Gasteiger partial charge is 0.316 e. The summed E-state index contributed by atoms with van der Waals surface area (Å²) in [6.07, 6.45) is 0.522. The van der Waals surface area contributed by atoms with Crippen molar-refractivity contribution in [2.24, 2.45) is 0 Å². The highest BCUT2D eigenvalue weighted by molar-refractivity contribution is 6.32. The van der Waals surface area contributed by atoms with Crippen LogP contribution in [0.5, 0.6) is 5.75 Å². The van der Waals surface area contributed by atoms with E-state index in [1.807, 2.05) is 12.1 Å². The van der Waals surface area contributed by atoms with Crippen LogP contribution in [0.2, 0.25) is 0 Å². The Morgan fingerprint density at radius 3 is 2.92 bits per heavy atom. The number of anilines is 1. The summed E-state index contributed by atoms with van der Waals surface area (Å²) in [6, 6.07) is 7.19. The van der Waals surface area contributed by atoms with Crippen molar-refractivity contribution in [2.45, 2.75) is 5.18 Å². The van der Waals surface area contributed by atoms with Gasteiger partial charge in [-0.3, -0.25) is 4.79 Å². The van der Waals surface area contributed by atoms with Gasteiger partial charge in [-0.2, -0.15) is 0 Å². The second kappa shape index (κ2) is 2.38. The summed E-state index contributed by atoms with van der Waals surface area (Å²) in [5, 5.41) is 1.32. The number of benzene rings is 1. The van der Waals surface area contributed by atoms with E-state index in [1.54, 1.807) is 12.1 Å². The molecule has 1 unspecified atom stereocenters. The van der Waals surface area contributed by atoms with Gasteiger partial charge in [0.25, 0.3) is 0 Å². The fourth-order valence-electron chi connectivity index (χ4n) is 1.08. The summed E-state index contributed by atoms with van der Waals surface area (Å²) < 4.78 is 5.13. The van der Waals surface area contributed by atoms with Crippen molar-refractivity contribution in [3.8, 4) is 5.75 Å². The third-order valence-electron chi connectivity index (χ3n) is 1.60. The van der Waals surface area contributed by atoms with Crippen LogP contribution in [0, 0.1) is 0 Å². The lowest BCUT2D eigenvalue weighted by atomic mass is 10.3. The maximum atomic E-state index is 10.5. The minimum atomic E-state index is -1.41. The van der Waals surface area contributed by atoms with E-state index in [2.05, 4.69) is 5.32 Å². The standard InChI is InChI=1S/C8H6ClNO2/c9-8(5-11)10-6-3-1-2-4-7(6)12-8/h1-5,10H. The van der Waals surface area contributed by atoms with Crippen LogP contribution in [-0.4, -0.2) is 11.5 Å². The van der Waals surface area contributed by atoms with Crippen molar-refractivity contribution in [2.75, 3.05) is 5.32 Å². The van der Waals surface area contributed by atoms with Gasteiger partial charge < -0.3 is 10.1 Å². The van der Waals surface area contributed by atoms with E-state index >= 15 is 0 Å². The first kappa shape index (κ1) is 7.43. The van der Waals surface area contributed by atoms with Crippen molar-refractivity contribution in [1.82, 2.24) is 0 Å². The fraction of sp³-hybridized carbons (Fsp3) is 0.125. The van der Waals surface area contributed by atoms with Crippen LogP contribution >= 0.6 is 11.6 Å². The molecule has 0 saturated carbocycles. The predicted octanol–water partition coefficient (Wildman–Crippen LogP) is 1.58.